The Bertz CT molecular complexity index is 1110. The van der Waals surface area contributed by atoms with Crippen LogP contribution in [0.2, 0.25) is 5.02 Å². The summed E-state index contributed by atoms with van der Waals surface area (Å²) >= 11 is 7.24. The van der Waals surface area contributed by atoms with E-state index in [9.17, 15) is 13.2 Å². The number of hydrogen-bond donors (Lipinski definition) is 1. The van der Waals surface area contributed by atoms with Gasteiger partial charge in [-0.25, -0.2) is 8.42 Å². The van der Waals surface area contributed by atoms with Gasteiger partial charge < -0.3 is 4.90 Å². The molecule has 0 saturated carbocycles. The fraction of sp³-hybridized carbons (Fsp3) is 0.150. The van der Waals surface area contributed by atoms with Gasteiger partial charge in [-0.1, -0.05) is 23.7 Å². The van der Waals surface area contributed by atoms with Gasteiger partial charge in [-0.05, 0) is 66.2 Å². The third kappa shape index (κ3) is 3.78. The van der Waals surface area contributed by atoms with E-state index in [-0.39, 0.29) is 10.8 Å². The minimum atomic E-state index is -3.75. The summed E-state index contributed by atoms with van der Waals surface area (Å²) in [5, 5.41) is 2.34. The van der Waals surface area contributed by atoms with Gasteiger partial charge in [-0.3, -0.25) is 9.52 Å². The number of thiophene rings is 1. The Balaban J connectivity index is 1.65. The van der Waals surface area contributed by atoms with E-state index in [2.05, 4.69) is 4.72 Å². The van der Waals surface area contributed by atoms with Gasteiger partial charge in [0.25, 0.3) is 15.9 Å². The second-order valence-corrected chi connectivity index (χ2v) is 9.51. The van der Waals surface area contributed by atoms with Crippen LogP contribution in [0.5, 0.6) is 0 Å². The minimum absolute atomic E-state index is 0.0614. The first kappa shape index (κ1) is 19.0. The summed E-state index contributed by atoms with van der Waals surface area (Å²) in [7, 11) is -3.75. The van der Waals surface area contributed by atoms with Gasteiger partial charge in [0.05, 0.1) is 15.5 Å². The molecule has 3 aromatic rings. The predicted octanol–water partition coefficient (Wildman–Crippen LogP) is 4.80. The molecule has 1 aromatic heterocycles. The van der Waals surface area contributed by atoms with Gasteiger partial charge in [0, 0.05) is 17.3 Å². The molecule has 0 atom stereocenters. The number of anilines is 2. The SMILES string of the molecule is O=C(c1cccs1)N1CCCc2ccc(NS(=O)(=O)c3ccc(Cl)cc3)cc21. The Morgan fingerprint density at radius 3 is 2.61 bits per heavy atom. The second kappa shape index (κ2) is 7.58. The minimum Gasteiger partial charge on any atom is -0.307 e. The second-order valence-electron chi connectivity index (χ2n) is 6.44. The van der Waals surface area contributed by atoms with Crippen LogP contribution in [0.3, 0.4) is 0 Å². The van der Waals surface area contributed by atoms with Crippen molar-refractivity contribution in [1.82, 2.24) is 0 Å². The number of hydrogen-bond acceptors (Lipinski definition) is 4. The normalized spacial score (nSPS) is 13.8. The van der Waals surface area contributed by atoms with Gasteiger partial charge in [0.2, 0.25) is 0 Å². The maximum Gasteiger partial charge on any atom is 0.268 e. The smallest absolute Gasteiger partial charge is 0.268 e. The Kier molecular flexibility index (Phi) is 5.14. The number of rotatable bonds is 4. The van der Waals surface area contributed by atoms with Crippen molar-refractivity contribution < 1.29 is 13.2 Å². The van der Waals surface area contributed by atoms with E-state index in [1.54, 1.807) is 23.1 Å². The first-order chi connectivity index (χ1) is 13.4. The largest absolute Gasteiger partial charge is 0.307 e. The highest BCUT2D eigenvalue weighted by molar-refractivity contribution is 7.92. The molecule has 0 saturated heterocycles. The Labute approximate surface area is 172 Å². The molecule has 1 amide bonds. The van der Waals surface area contributed by atoms with Crippen molar-refractivity contribution >= 4 is 50.2 Å². The number of amides is 1. The monoisotopic (exact) mass is 432 g/mol. The summed E-state index contributed by atoms with van der Waals surface area (Å²) in [5.74, 6) is -0.0614. The van der Waals surface area contributed by atoms with E-state index in [1.807, 2.05) is 17.5 Å². The van der Waals surface area contributed by atoms with Gasteiger partial charge in [0.1, 0.15) is 0 Å². The third-order valence-electron chi connectivity index (χ3n) is 4.56. The molecule has 5 nitrogen and oxygen atoms in total. The molecule has 0 fully saturated rings. The molecule has 8 heteroatoms. The lowest BCUT2D eigenvalue weighted by Gasteiger charge is -2.29. The van der Waals surface area contributed by atoms with Crippen LogP contribution in [0.1, 0.15) is 21.7 Å². The lowest BCUT2D eigenvalue weighted by atomic mass is 10.0. The first-order valence-electron chi connectivity index (χ1n) is 8.71. The van der Waals surface area contributed by atoms with Crippen LogP contribution in [-0.2, 0) is 16.4 Å². The Morgan fingerprint density at radius 1 is 1.11 bits per heavy atom. The third-order valence-corrected chi connectivity index (χ3v) is 7.06. The molecule has 28 heavy (non-hydrogen) atoms. The number of carbonyl (C=O) groups excluding carboxylic acids is 1. The molecule has 4 rings (SSSR count). The Hall–Kier alpha value is -2.35. The topological polar surface area (TPSA) is 66.5 Å². The maximum atomic E-state index is 12.9. The molecule has 2 heterocycles. The van der Waals surface area contributed by atoms with Gasteiger partial charge in [-0.2, -0.15) is 0 Å². The van der Waals surface area contributed by atoms with Crippen LogP contribution in [-0.4, -0.2) is 20.9 Å². The number of benzene rings is 2. The fourth-order valence-electron chi connectivity index (χ4n) is 3.21. The number of nitrogens with one attached hydrogen (secondary N) is 1. The molecule has 0 bridgehead atoms. The van der Waals surface area contributed by atoms with Crippen LogP contribution < -0.4 is 9.62 Å². The van der Waals surface area contributed by atoms with Crippen LogP contribution in [0.4, 0.5) is 11.4 Å². The molecule has 1 aliphatic rings. The highest BCUT2D eigenvalue weighted by atomic mass is 35.5. The summed E-state index contributed by atoms with van der Waals surface area (Å²) in [4.78, 5) is 15.4. The van der Waals surface area contributed by atoms with Crippen molar-refractivity contribution in [2.24, 2.45) is 0 Å². The Morgan fingerprint density at radius 2 is 1.89 bits per heavy atom. The maximum absolute atomic E-state index is 12.9. The molecule has 0 spiro atoms. The number of aryl methyl sites for hydroxylation is 1. The molecule has 0 aliphatic carbocycles. The molecule has 1 N–H and O–H groups in total. The molecular weight excluding hydrogens is 416 g/mol. The number of halogens is 1. The summed E-state index contributed by atoms with van der Waals surface area (Å²) in [6.07, 6.45) is 1.73. The van der Waals surface area contributed by atoms with Crippen molar-refractivity contribution in [3.8, 4) is 0 Å². The number of nitrogens with zero attached hydrogens (tertiary/aromatic N) is 1. The average Bonchev–Trinajstić information content (AvgIpc) is 3.22. The molecule has 144 valence electrons. The van der Waals surface area contributed by atoms with E-state index in [4.69, 9.17) is 11.6 Å². The molecule has 1 aliphatic heterocycles. The van der Waals surface area contributed by atoms with E-state index in [0.717, 1.165) is 24.1 Å². The van der Waals surface area contributed by atoms with Crippen molar-refractivity contribution in [2.45, 2.75) is 17.7 Å². The zero-order chi connectivity index (χ0) is 19.7. The van der Waals surface area contributed by atoms with E-state index >= 15 is 0 Å². The quantitative estimate of drug-likeness (QED) is 0.644. The van der Waals surface area contributed by atoms with Gasteiger partial charge in [-0.15, -0.1) is 11.3 Å². The van der Waals surface area contributed by atoms with Gasteiger partial charge >= 0.3 is 0 Å². The average molecular weight is 433 g/mol. The zero-order valence-corrected chi connectivity index (χ0v) is 17.2. The number of carbonyl (C=O) groups is 1. The number of fused-ring (bicyclic) bond motifs is 1. The first-order valence-corrected chi connectivity index (χ1v) is 11.4. The molecule has 2 aromatic carbocycles. The van der Waals surface area contributed by atoms with Crippen LogP contribution >= 0.6 is 22.9 Å². The lowest BCUT2D eigenvalue weighted by molar-refractivity contribution is 0.0989. The summed E-state index contributed by atoms with van der Waals surface area (Å²) in [5.41, 5.74) is 2.20. The van der Waals surface area contributed by atoms with Crippen LogP contribution in [0, 0.1) is 0 Å². The van der Waals surface area contributed by atoms with Crippen LogP contribution in [0.25, 0.3) is 0 Å². The van der Waals surface area contributed by atoms with Crippen molar-refractivity contribution in [3.05, 3.63) is 75.4 Å². The summed E-state index contributed by atoms with van der Waals surface area (Å²) in [6, 6.07) is 15.0. The van der Waals surface area contributed by atoms with Crippen LogP contribution in [0.15, 0.2) is 64.9 Å². The fourth-order valence-corrected chi connectivity index (χ4v) is 5.06. The van der Waals surface area contributed by atoms with Crippen molar-refractivity contribution in [2.75, 3.05) is 16.2 Å². The zero-order valence-electron chi connectivity index (χ0n) is 14.8. The molecule has 0 unspecified atom stereocenters. The molecule has 0 radical (unpaired) electrons. The summed E-state index contributed by atoms with van der Waals surface area (Å²) in [6.45, 7) is 0.608. The van der Waals surface area contributed by atoms with Crippen molar-refractivity contribution in [3.63, 3.8) is 0 Å². The standard InChI is InChI=1S/C20H17ClN2O3S2/c21-15-6-9-17(10-7-15)28(25,26)22-16-8-5-14-3-1-11-23(18(14)13-16)20(24)19-4-2-12-27-19/h2,4-10,12-13,22H,1,3,11H2. The predicted molar refractivity (Wildman–Crippen MR) is 113 cm³/mol. The van der Waals surface area contributed by atoms with E-state index in [0.29, 0.717) is 22.1 Å². The highest BCUT2D eigenvalue weighted by Gasteiger charge is 2.25. The van der Waals surface area contributed by atoms with E-state index < -0.39 is 10.0 Å². The molecular formula is C20H17ClN2O3S2. The lowest BCUT2D eigenvalue weighted by Crippen LogP contribution is -2.35. The van der Waals surface area contributed by atoms with Crippen molar-refractivity contribution in [1.29, 1.82) is 0 Å². The number of sulfonamides is 1. The highest BCUT2D eigenvalue weighted by Crippen LogP contribution is 2.32. The van der Waals surface area contributed by atoms with Gasteiger partial charge in [0.15, 0.2) is 0 Å². The van der Waals surface area contributed by atoms with E-state index in [1.165, 1.54) is 35.6 Å². The summed E-state index contributed by atoms with van der Waals surface area (Å²) < 4.78 is 27.9.